The lowest BCUT2D eigenvalue weighted by atomic mass is 9.97. The van der Waals surface area contributed by atoms with E-state index in [2.05, 4.69) is 27.2 Å². The SMILES string of the molecule is CCC[C@@H](CCO)Nc1nc(N)ncc1C[C@H]1CCc2c(Cl)ccnc21. The molecule has 0 fully saturated rings. The number of halogens is 1. The van der Waals surface area contributed by atoms with Crippen molar-refractivity contribution >= 4 is 23.4 Å². The van der Waals surface area contributed by atoms with Crippen molar-refractivity contribution in [3.05, 3.63) is 40.3 Å². The minimum Gasteiger partial charge on any atom is -0.396 e. The summed E-state index contributed by atoms with van der Waals surface area (Å²) in [4.78, 5) is 13.2. The van der Waals surface area contributed by atoms with Crippen LogP contribution < -0.4 is 11.1 Å². The van der Waals surface area contributed by atoms with Crippen molar-refractivity contribution in [3.8, 4) is 0 Å². The molecular weight excluding hydrogens is 350 g/mol. The van der Waals surface area contributed by atoms with Crippen LogP contribution in [0.25, 0.3) is 0 Å². The molecule has 0 radical (unpaired) electrons. The third-order valence-corrected chi connectivity index (χ3v) is 5.32. The Hall–Kier alpha value is -1.92. The number of fused-ring (bicyclic) bond motifs is 1. The van der Waals surface area contributed by atoms with Gasteiger partial charge in [-0.3, -0.25) is 4.98 Å². The molecule has 0 aliphatic heterocycles. The van der Waals surface area contributed by atoms with Crippen LogP contribution in [0.2, 0.25) is 5.02 Å². The molecule has 0 saturated heterocycles. The fourth-order valence-electron chi connectivity index (χ4n) is 3.68. The molecule has 0 bridgehead atoms. The molecule has 6 nitrogen and oxygen atoms in total. The first kappa shape index (κ1) is 18.9. The molecule has 140 valence electrons. The summed E-state index contributed by atoms with van der Waals surface area (Å²) >= 11 is 6.31. The Labute approximate surface area is 159 Å². The molecule has 1 aliphatic rings. The molecule has 2 heterocycles. The van der Waals surface area contributed by atoms with Crippen LogP contribution >= 0.6 is 11.6 Å². The highest BCUT2D eigenvalue weighted by Gasteiger charge is 2.27. The van der Waals surface area contributed by atoms with Gasteiger partial charge in [0, 0.05) is 47.2 Å². The summed E-state index contributed by atoms with van der Waals surface area (Å²) < 4.78 is 0. The Kier molecular flexibility index (Phi) is 6.27. The van der Waals surface area contributed by atoms with Crippen molar-refractivity contribution < 1.29 is 5.11 Å². The number of nitrogens with one attached hydrogen (secondary N) is 1. The van der Waals surface area contributed by atoms with E-state index in [-0.39, 0.29) is 18.6 Å². The van der Waals surface area contributed by atoms with Gasteiger partial charge in [-0.1, -0.05) is 24.9 Å². The summed E-state index contributed by atoms with van der Waals surface area (Å²) in [5, 5.41) is 13.6. The lowest BCUT2D eigenvalue weighted by Crippen LogP contribution is -2.23. The predicted molar refractivity (Wildman–Crippen MR) is 104 cm³/mol. The average Bonchev–Trinajstić information content (AvgIpc) is 3.02. The van der Waals surface area contributed by atoms with E-state index in [9.17, 15) is 5.11 Å². The number of pyridine rings is 1. The van der Waals surface area contributed by atoms with Crippen molar-refractivity contribution in [2.75, 3.05) is 17.7 Å². The fourth-order valence-corrected chi connectivity index (χ4v) is 3.93. The number of nitrogen functional groups attached to an aromatic ring is 1. The summed E-state index contributed by atoms with van der Waals surface area (Å²) in [5.74, 6) is 1.32. The molecule has 7 heteroatoms. The normalized spacial score (nSPS) is 17.1. The topological polar surface area (TPSA) is 97.0 Å². The standard InChI is InChI=1S/C19H26ClN5O/c1-2-3-14(7-9-26)24-18-13(11-23-19(21)25-18)10-12-4-5-15-16(20)6-8-22-17(12)15/h6,8,11-12,14,26H,2-5,7,9-10H2,1H3,(H3,21,23,24,25)/t12-,14+/m1/s1. The summed E-state index contributed by atoms with van der Waals surface area (Å²) in [5.41, 5.74) is 9.09. The van der Waals surface area contributed by atoms with Crippen LogP contribution in [0.1, 0.15) is 55.3 Å². The Balaban J connectivity index is 1.82. The minimum absolute atomic E-state index is 0.145. The van der Waals surface area contributed by atoms with E-state index in [1.165, 1.54) is 0 Å². The van der Waals surface area contributed by atoms with Crippen molar-refractivity contribution in [1.29, 1.82) is 0 Å². The molecule has 0 unspecified atom stereocenters. The van der Waals surface area contributed by atoms with E-state index >= 15 is 0 Å². The van der Waals surface area contributed by atoms with Gasteiger partial charge in [-0.15, -0.1) is 0 Å². The van der Waals surface area contributed by atoms with E-state index in [1.807, 2.05) is 6.07 Å². The fraction of sp³-hybridized carbons (Fsp3) is 0.526. The molecule has 1 aliphatic carbocycles. The van der Waals surface area contributed by atoms with Crippen molar-refractivity contribution in [3.63, 3.8) is 0 Å². The lowest BCUT2D eigenvalue weighted by Gasteiger charge is -2.21. The Bertz CT molecular complexity index is 749. The molecule has 0 aromatic carbocycles. The lowest BCUT2D eigenvalue weighted by molar-refractivity contribution is 0.276. The van der Waals surface area contributed by atoms with Gasteiger partial charge < -0.3 is 16.2 Å². The number of nitrogens with zero attached hydrogens (tertiary/aromatic N) is 3. The molecule has 2 aromatic rings. The first-order valence-electron chi connectivity index (χ1n) is 9.24. The first-order chi connectivity index (χ1) is 12.6. The van der Waals surface area contributed by atoms with E-state index < -0.39 is 0 Å². The summed E-state index contributed by atoms with van der Waals surface area (Å²) in [6.45, 7) is 2.28. The molecule has 0 amide bonds. The molecule has 0 saturated carbocycles. The molecule has 3 rings (SSSR count). The van der Waals surface area contributed by atoms with Crippen LogP contribution in [0.4, 0.5) is 11.8 Å². The van der Waals surface area contributed by atoms with Crippen LogP contribution in [0, 0.1) is 0 Å². The first-order valence-corrected chi connectivity index (χ1v) is 9.62. The molecular formula is C19H26ClN5O. The van der Waals surface area contributed by atoms with Crippen molar-refractivity contribution in [1.82, 2.24) is 15.0 Å². The zero-order valence-electron chi connectivity index (χ0n) is 15.1. The Morgan fingerprint density at radius 2 is 2.23 bits per heavy atom. The number of aliphatic hydroxyl groups is 1. The second kappa shape index (κ2) is 8.64. The zero-order chi connectivity index (χ0) is 18.5. The molecule has 2 aromatic heterocycles. The van der Waals surface area contributed by atoms with Crippen LogP contribution in [-0.4, -0.2) is 32.7 Å². The Morgan fingerprint density at radius 1 is 1.38 bits per heavy atom. The summed E-state index contributed by atoms with van der Waals surface area (Å²) in [6, 6.07) is 2.02. The summed E-state index contributed by atoms with van der Waals surface area (Å²) in [6.07, 6.45) is 9.02. The highest BCUT2D eigenvalue weighted by Crippen LogP contribution is 2.38. The second-order valence-corrected chi connectivity index (χ2v) is 7.25. The smallest absolute Gasteiger partial charge is 0.221 e. The number of rotatable bonds is 8. The molecule has 4 N–H and O–H groups in total. The highest BCUT2D eigenvalue weighted by atomic mass is 35.5. The van der Waals surface area contributed by atoms with Gasteiger partial charge in [0.1, 0.15) is 5.82 Å². The highest BCUT2D eigenvalue weighted by molar-refractivity contribution is 6.31. The molecule has 2 atom stereocenters. The zero-order valence-corrected chi connectivity index (χ0v) is 15.8. The van der Waals surface area contributed by atoms with Gasteiger partial charge in [0.15, 0.2) is 0 Å². The number of hydrogen-bond acceptors (Lipinski definition) is 6. The van der Waals surface area contributed by atoms with Crippen molar-refractivity contribution in [2.24, 2.45) is 0 Å². The minimum atomic E-state index is 0.145. The average molecular weight is 376 g/mol. The largest absolute Gasteiger partial charge is 0.396 e. The number of aliphatic hydroxyl groups excluding tert-OH is 1. The third kappa shape index (κ3) is 4.24. The van der Waals surface area contributed by atoms with Crippen LogP contribution in [0.15, 0.2) is 18.5 Å². The van der Waals surface area contributed by atoms with E-state index in [0.29, 0.717) is 12.3 Å². The van der Waals surface area contributed by atoms with Gasteiger partial charge in [0.25, 0.3) is 0 Å². The van der Waals surface area contributed by atoms with Gasteiger partial charge in [0.05, 0.1) is 0 Å². The van der Waals surface area contributed by atoms with Crippen LogP contribution in [0.3, 0.4) is 0 Å². The maximum Gasteiger partial charge on any atom is 0.221 e. The maximum absolute atomic E-state index is 9.31. The van der Waals surface area contributed by atoms with E-state index in [4.69, 9.17) is 17.3 Å². The van der Waals surface area contributed by atoms with Gasteiger partial charge in [-0.2, -0.15) is 4.98 Å². The van der Waals surface area contributed by atoms with Crippen LogP contribution in [0.5, 0.6) is 0 Å². The van der Waals surface area contributed by atoms with Gasteiger partial charge in [-0.25, -0.2) is 4.98 Å². The quantitative estimate of drug-likeness (QED) is 0.654. The van der Waals surface area contributed by atoms with E-state index in [1.54, 1.807) is 12.4 Å². The molecule has 26 heavy (non-hydrogen) atoms. The van der Waals surface area contributed by atoms with Gasteiger partial charge in [0.2, 0.25) is 5.95 Å². The Morgan fingerprint density at radius 3 is 3.00 bits per heavy atom. The second-order valence-electron chi connectivity index (χ2n) is 6.84. The van der Waals surface area contributed by atoms with Crippen LogP contribution in [-0.2, 0) is 12.8 Å². The maximum atomic E-state index is 9.31. The van der Waals surface area contributed by atoms with E-state index in [0.717, 1.165) is 59.8 Å². The summed E-state index contributed by atoms with van der Waals surface area (Å²) in [7, 11) is 0. The van der Waals surface area contributed by atoms with Gasteiger partial charge in [-0.05, 0) is 43.7 Å². The number of hydrogen-bond donors (Lipinski definition) is 3. The number of nitrogens with two attached hydrogens (primary N) is 1. The van der Waals surface area contributed by atoms with Crippen molar-refractivity contribution in [2.45, 2.75) is 57.4 Å². The number of aromatic nitrogens is 3. The molecule has 0 spiro atoms. The predicted octanol–water partition coefficient (Wildman–Crippen LogP) is 3.34. The number of anilines is 2. The third-order valence-electron chi connectivity index (χ3n) is 4.97. The van der Waals surface area contributed by atoms with Gasteiger partial charge >= 0.3 is 0 Å². The monoisotopic (exact) mass is 375 g/mol.